The van der Waals surface area contributed by atoms with Gasteiger partial charge in [-0.05, 0) is 13.0 Å². The summed E-state index contributed by atoms with van der Waals surface area (Å²) in [5.74, 6) is 0. The minimum absolute atomic E-state index is 0.237. The molecule has 1 aromatic carbocycles. The van der Waals surface area contributed by atoms with Crippen molar-refractivity contribution in [1.29, 1.82) is 0 Å². The maximum absolute atomic E-state index is 11.4. The number of aryl methyl sites for hydroxylation is 1. The highest BCUT2D eigenvalue weighted by Gasteiger charge is 2.19. The zero-order valence-corrected chi connectivity index (χ0v) is 9.94. The van der Waals surface area contributed by atoms with E-state index in [2.05, 4.69) is 5.10 Å². The fourth-order valence-corrected chi connectivity index (χ4v) is 2.09. The quantitative estimate of drug-likeness (QED) is 0.452. The van der Waals surface area contributed by atoms with Crippen molar-refractivity contribution in [2.75, 3.05) is 0 Å². The second-order valence-electron chi connectivity index (χ2n) is 2.92. The normalized spacial score (nSPS) is 11.2. The second kappa shape index (κ2) is 3.70. The standard InChI is InChI=1S/C8H6Cl3N3O/c1-2-13-8-5(12-14(13)15)3-4(9)6(10)7(8)11/h3H,2H2,1H3. The Bertz CT molecular complexity index is 538. The Hall–Kier alpha value is -0.710. The molecule has 0 saturated heterocycles. The van der Waals surface area contributed by atoms with E-state index in [1.54, 1.807) is 0 Å². The Morgan fingerprint density at radius 1 is 1.40 bits per heavy atom. The van der Waals surface area contributed by atoms with Crippen LogP contribution in [-0.2, 0) is 6.54 Å². The molecule has 0 aliphatic rings. The molecule has 0 fully saturated rings. The highest BCUT2D eigenvalue weighted by Crippen LogP contribution is 2.35. The Kier molecular flexibility index (Phi) is 2.66. The lowest BCUT2D eigenvalue weighted by Gasteiger charge is -2.01. The maximum atomic E-state index is 11.4. The lowest BCUT2D eigenvalue weighted by atomic mass is 10.3. The van der Waals surface area contributed by atoms with Crippen LogP contribution in [0.4, 0.5) is 0 Å². The van der Waals surface area contributed by atoms with Crippen LogP contribution in [0, 0.1) is 5.21 Å². The van der Waals surface area contributed by atoms with Crippen molar-refractivity contribution in [1.82, 2.24) is 9.78 Å². The topological polar surface area (TPSA) is 44.8 Å². The van der Waals surface area contributed by atoms with Crippen LogP contribution in [0.1, 0.15) is 6.92 Å². The molecule has 0 bridgehead atoms. The first-order valence-corrected chi connectivity index (χ1v) is 5.33. The van der Waals surface area contributed by atoms with Gasteiger partial charge in [-0.15, -0.1) is 4.68 Å². The monoisotopic (exact) mass is 265 g/mol. The molecule has 2 aromatic rings. The van der Waals surface area contributed by atoms with Crippen molar-refractivity contribution >= 4 is 45.8 Å². The maximum Gasteiger partial charge on any atom is 0.167 e. The summed E-state index contributed by atoms with van der Waals surface area (Å²) >= 11 is 17.7. The summed E-state index contributed by atoms with van der Waals surface area (Å²) < 4.78 is 1.37. The number of hydrogen-bond acceptors (Lipinski definition) is 2. The molecule has 0 spiro atoms. The Morgan fingerprint density at radius 3 is 2.67 bits per heavy atom. The van der Waals surface area contributed by atoms with Gasteiger partial charge in [-0.1, -0.05) is 34.8 Å². The molecule has 1 aromatic heterocycles. The van der Waals surface area contributed by atoms with Crippen LogP contribution in [0.3, 0.4) is 0 Å². The van der Waals surface area contributed by atoms with Crippen LogP contribution in [0.25, 0.3) is 11.0 Å². The average Bonchev–Trinajstić information content (AvgIpc) is 2.50. The molecule has 15 heavy (non-hydrogen) atoms. The van der Waals surface area contributed by atoms with Crippen LogP contribution < -0.4 is 4.96 Å². The molecule has 7 heteroatoms. The van der Waals surface area contributed by atoms with E-state index >= 15 is 0 Å². The zero-order valence-electron chi connectivity index (χ0n) is 7.67. The summed E-state index contributed by atoms with van der Waals surface area (Å²) in [5.41, 5.74) is 0.940. The molecule has 0 saturated carbocycles. The van der Waals surface area contributed by atoms with Crippen molar-refractivity contribution in [2.24, 2.45) is 0 Å². The van der Waals surface area contributed by atoms with Gasteiger partial charge in [0, 0.05) is 10.1 Å². The van der Waals surface area contributed by atoms with Crippen LogP contribution in [0.2, 0.25) is 15.1 Å². The molecular weight excluding hydrogens is 260 g/mol. The third-order valence-corrected chi connectivity index (χ3v) is 3.33. The second-order valence-corrected chi connectivity index (χ2v) is 4.09. The number of halogens is 3. The van der Waals surface area contributed by atoms with E-state index in [0.717, 1.165) is 0 Å². The fourth-order valence-electron chi connectivity index (χ4n) is 1.41. The van der Waals surface area contributed by atoms with E-state index < -0.39 is 0 Å². The van der Waals surface area contributed by atoms with Gasteiger partial charge in [0.1, 0.15) is 0 Å². The highest BCUT2D eigenvalue weighted by atomic mass is 35.5. The Labute approximate surface area is 101 Å². The molecule has 80 valence electrons. The number of nitrogens with zero attached hydrogens (tertiary/aromatic N) is 3. The fraction of sp³-hybridized carbons (Fsp3) is 0.250. The van der Waals surface area contributed by atoms with Crippen LogP contribution in [0.15, 0.2) is 6.07 Å². The summed E-state index contributed by atoms with van der Waals surface area (Å²) in [6.45, 7) is 2.27. The number of rotatable bonds is 1. The summed E-state index contributed by atoms with van der Waals surface area (Å²) in [5, 5.41) is 15.9. The van der Waals surface area contributed by atoms with E-state index in [-0.39, 0.29) is 15.1 Å². The summed E-state index contributed by atoms with van der Waals surface area (Å²) in [6, 6.07) is 1.52. The molecule has 4 nitrogen and oxygen atoms in total. The van der Waals surface area contributed by atoms with E-state index in [4.69, 9.17) is 34.8 Å². The molecule has 0 amide bonds. The zero-order chi connectivity index (χ0) is 11.2. The molecule has 1 heterocycles. The van der Waals surface area contributed by atoms with Gasteiger partial charge in [-0.25, -0.2) is 0 Å². The van der Waals surface area contributed by atoms with Crippen LogP contribution >= 0.6 is 34.8 Å². The summed E-state index contributed by atoms with van der Waals surface area (Å²) in [6.07, 6.45) is 0. The number of aromatic nitrogens is 3. The van der Waals surface area contributed by atoms with Gasteiger partial charge in [0.2, 0.25) is 0 Å². The summed E-state index contributed by atoms with van der Waals surface area (Å²) in [7, 11) is 0. The van der Waals surface area contributed by atoms with E-state index in [1.807, 2.05) is 6.92 Å². The highest BCUT2D eigenvalue weighted by molar-refractivity contribution is 6.50. The van der Waals surface area contributed by atoms with Gasteiger partial charge >= 0.3 is 0 Å². The molecule has 0 aliphatic heterocycles. The number of hydrogen-bond donors (Lipinski definition) is 0. The van der Waals surface area contributed by atoms with Gasteiger partial charge < -0.3 is 5.21 Å². The van der Waals surface area contributed by atoms with Crippen LogP contribution in [-0.4, -0.2) is 9.78 Å². The van der Waals surface area contributed by atoms with Crippen LogP contribution in [0.5, 0.6) is 0 Å². The van der Waals surface area contributed by atoms with Crippen molar-refractivity contribution in [3.63, 3.8) is 0 Å². The van der Waals surface area contributed by atoms with Crippen molar-refractivity contribution < 1.29 is 4.96 Å². The largest absolute Gasteiger partial charge is 0.571 e. The van der Waals surface area contributed by atoms with E-state index in [9.17, 15) is 5.21 Å². The van der Waals surface area contributed by atoms with Gasteiger partial charge in [0.05, 0.1) is 21.6 Å². The molecule has 0 N–H and O–H groups in total. The number of fused-ring (bicyclic) bond motifs is 1. The first-order valence-electron chi connectivity index (χ1n) is 4.20. The molecule has 0 aliphatic carbocycles. The predicted octanol–water partition coefficient (Wildman–Crippen LogP) is 2.65. The van der Waals surface area contributed by atoms with E-state index in [0.29, 0.717) is 22.5 Å². The Balaban J connectivity index is 2.93. The third-order valence-electron chi connectivity index (χ3n) is 2.07. The predicted molar refractivity (Wildman–Crippen MR) is 59.4 cm³/mol. The average molecular weight is 267 g/mol. The van der Waals surface area contributed by atoms with Crippen molar-refractivity contribution in [3.05, 3.63) is 26.3 Å². The third kappa shape index (κ3) is 1.53. The van der Waals surface area contributed by atoms with Gasteiger partial charge in [0.15, 0.2) is 11.0 Å². The summed E-state index contributed by atoms with van der Waals surface area (Å²) in [4.78, 5) is 0.475. The molecule has 0 radical (unpaired) electrons. The van der Waals surface area contributed by atoms with Crippen molar-refractivity contribution in [3.8, 4) is 0 Å². The molecular formula is C8H6Cl3N3O. The lowest BCUT2D eigenvalue weighted by Crippen LogP contribution is -2.39. The minimum atomic E-state index is 0.237. The molecule has 0 atom stereocenters. The smallest absolute Gasteiger partial charge is 0.167 e. The molecule has 2 rings (SSSR count). The van der Waals surface area contributed by atoms with Gasteiger partial charge in [-0.2, -0.15) is 0 Å². The van der Waals surface area contributed by atoms with Gasteiger partial charge in [0.25, 0.3) is 0 Å². The first-order chi connectivity index (χ1) is 7.06. The van der Waals surface area contributed by atoms with Crippen molar-refractivity contribution in [2.45, 2.75) is 13.5 Å². The number of benzene rings is 1. The molecule has 0 unspecified atom stereocenters. The Morgan fingerprint density at radius 2 is 2.07 bits per heavy atom. The van der Waals surface area contributed by atoms with Gasteiger partial charge in [-0.3, -0.25) is 0 Å². The lowest BCUT2D eigenvalue weighted by molar-refractivity contribution is -0.746. The van der Waals surface area contributed by atoms with E-state index in [1.165, 1.54) is 10.7 Å². The SMILES string of the molecule is CCn1c2c(Cl)c(Cl)c(Cl)cc2n[n+]1[O-]. The first kappa shape index (κ1) is 10.8. The minimum Gasteiger partial charge on any atom is -0.571 e.